The summed E-state index contributed by atoms with van der Waals surface area (Å²) < 4.78 is 13.7. The first-order valence-corrected chi connectivity index (χ1v) is 6.24. The zero-order chi connectivity index (χ0) is 13.5. The molecule has 1 unspecified atom stereocenters. The summed E-state index contributed by atoms with van der Waals surface area (Å²) in [6.45, 7) is 6.49. The van der Waals surface area contributed by atoms with Crippen LogP contribution in [0, 0.1) is 34.9 Å². The van der Waals surface area contributed by atoms with Gasteiger partial charge in [0, 0.05) is 5.92 Å². The van der Waals surface area contributed by atoms with Gasteiger partial charge in [0.1, 0.15) is 5.82 Å². The van der Waals surface area contributed by atoms with Gasteiger partial charge in [-0.15, -0.1) is 0 Å². The summed E-state index contributed by atoms with van der Waals surface area (Å²) in [6.07, 6.45) is 2.19. The van der Waals surface area contributed by atoms with Crippen molar-refractivity contribution in [3.05, 3.63) is 35.1 Å². The Hall–Kier alpha value is -1.80. The highest BCUT2D eigenvalue weighted by Gasteiger charge is 2.09. The molecule has 18 heavy (non-hydrogen) atoms. The molecule has 0 aliphatic rings. The van der Waals surface area contributed by atoms with Crippen LogP contribution in [0.1, 0.15) is 50.7 Å². The number of hydrogen-bond donors (Lipinski definition) is 0. The smallest absolute Gasteiger partial charge is 0.152 e. The lowest BCUT2D eigenvalue weighted by Gasteiger charge is -2.13. The maximum Gasteiger partial charge on any atom is 0.152 e. The zero-order valence-electron chi connectivity index (χ0n) is 11.1. The van der Waals surface area contributed by atoms with E-state index in [1.165, 1.54) is 6.07 Å². The summed E-state index contributed by atoms with van der Waals surface area (Å²) in [6, 6.07) is 6.77. The quantitative estimate of drug-likeness (QED) is 0.725. The fourth-order valence-corrected chi connectivity index (χ4v) is 1.78. The first-order valence-electron chi connectivity index (χ1n) is 6.24. The Balaban J connectivity index is 2.81. The molecule has 0 amide bonds. The normalized spacial score (nSPS) is 11.6. The number of nitriles is 1. The molecular weight excluding hydrogens is 225 g/mol. The van der Waals surface area contributed by atoms with Crippen molar-refractivity contribution in [2.75, 3.05) is 0 Å². The van der Waals surface area contributed by atoms with Crippen molar-refractivity contribution in [2.24, 2.45) is 5.92 Å². The average molecular weight is 243 g/mol. The zero-order valence-corrected chi connectivity index (χ0v) is 11.1. The molecule has 1 rings (SSSR count). The summed E-state index contributed by atoms with van der Waals surface area (Å²) in [5.74, 6) is 5.37. The molecule has 0 saturated carbocycles. The molecule has 1 aromatic carbocycles. The van der Waals surface area contributed by atoms with Crippen LogP contribution in [-0.2, 0) is 0 Å². The largest absolute Gasteiger partial charge is 0.206 e. The van der Waals surface area contributed by atoms with Crippen LogP contribution >= 0.6 is 0 Å². The van der Waals surface area contributed by atoms with Crippen LogP contribution in [0.5, 0.6) is 0 Å². The Morgan fingerprint density at radius 3 is 2.50 bits per heavy atom. The van der Waals surface area contributed by atoms with Gasteiger partial charge in [0.05, 0.1) is 5.56 Å². The molecule has 0 N–H and O–H groups in total. The summed E-state index contributed by atoms with van der Waals surface area (Å²) in [4.78, 5) is 0. The van der Waals surface area contributed by atoms with Gasteiger partial charge in [-0.25, -0.2) is 4.39 Å². The van der Waals surface area contributed by atoms with Crippen molar-refractivity contribution in [1.29, 1.82) is 5.26 Å². The minimum atomic E-state index is -0.341. The predicted octanol–water partition coefficient (Wildman–Crippen LogP) is 4.24. The Labute approximate surface area is 109 Å². The van der Waals surface area contributed by atoms with Crippen molar-refractivity contribution in [3.63, 3.8) is 0 Å². The lowest BCUT2D eigenvalue weighted by molar-refractivity contribution is 0.515. The molecule has 1 aromatic rings. The molecule has 1 nitrogen and oxygen atoms in total. The van der Waals surface area contributed by atoms with Crippen LogP contribution in [0.15, 0.2) is 18.2 Å². The molecule has 0 saturated heterocycles. The van der Waals surface area contributed by atoms with Crippen molar-refractivity contribution in [1.82, 2.24) is 0 Å². The first-order chi connectivity index (χ1) is 8.54. The monoisotopic (exact) mass is 243 g/mol. The van der Waals surface area contributed by atoms with Gasteiger partial charge in [0.2, 0.25) is 0 Å². The van der Waals surface area contributed by atoms with E-state index < -0.39 is 0 Å². The van der Waals surface area contributed by atoms with Gasteiger partial charge in [-0.05, 0) is 41.9 Å². The standard InChI is InChI=1S/C16H18FN/c1-12(2)6-7-13(3)15-9-8-14(5-4-10-18)16(17)11-15/h8-9,11-13H,6-7H2,1-3H3. The minimum Gasteiger partial charge on any atom is -0.206 e. The Morgan fingerprint density at radius 2 is 1.94 bits per heavy atom. The Bertz CT molecular complexity index is 500. The lowest BCUT2D eigenvalue weighted by Crippen LogP contribution is -1.98. The Kier molecular flexibility index (Phi) is 5.40. The fraction of sp³-hybridized carbons (Fsp3) is 0.438. The second-order valence-electron chi connectivity index (χ2n) is 4.97. The van der Waals surface area contributed by atoms with Crippen molar-refractivity contribution in [3.8, 4) is 17.9 Å². The van der Waals surface area contributed by atoms with E-state index in [2.05, 4.69) is 32.6 Å². The van der Waals surface area contributed by atoms with Crippen LogP contribution in [-0.4, -0.2) is 0 Å². The number of halogens is 1. The summed E-state index contributed by atoms with van der Waals surface area (Å²) in [5, 5.41) is 8.34. The molecular formula is C16H18FN. The van der Waals surface area contributed by atoms with Gasteiger partial charge >= 0.3 is 0 Å². The molecule has 0 aliphatic carbocycles. The highest BCUT2D eigenvalue weighted by Crippen LogP contribution is 2.24. The summed E-state index contributed by atoms with van der Waals surface area (Å²) >= 11 is 0. The van der Waals surface area contributed by atoms with E-state index in [9.17, 15) is 4.39 Å². The Morgan fingerprint density at radius 1 is 1.22 bits per heavy atom. The van der Waals surface area contributed by atoms with E-state index in [-0.39, 0.29) is 11.4 Å². The average Bonchev–Trinajstić information content (AvgIpc) is 2.34. The van der Waals surface area contributed by atoms with Gasteiger partial charge in [0.15, 0.2) is 6.07 Å². The third kappa shape index (κ3) is 4.22. The minimum absolute atomic E-state index is 0.288. The highest BCUT2D eigenvalue weighted by atomic mass is 19.1. The third-order valence-corrected chi connectivity index (χ3v) is 2.99. The van der Waals surface area contributed by atoms with E-state index in [0.717, 1.165) is 18.4 Å². The highest BCUT2D eigenvalue weighted by molar-refractivity contribution is 5.40. The summed E-state index contributed by atoms with van der Waals surface area (Å²) in [5.41, 5.74) is 1.28. The van der Waals surface area contributed by atoms with Crippen molar-refractivity contribution >= 4 is 0 Å². The van der Waals surface area contributed by atoms with Crippen LogP contribution in [0.3, 0.4) is 0 Å². The topological polar surface area (TPSA) is 23.8 Å². The maximum atomic E-state index is 13.7. The predicted molar refractivity (Wildman–Crippen MR) is 71.4 cm³/mol. The third-order valence-electron chi connectivity index (χ3n) is 2.99. The second kappa shape index (κ2) is 6.82. The van der Waals surface area contributed by atoms with E-state index >= 15 is 0 Å². The fourth-order valence-electron chi connectivity index (χ4n) is 1.78. The molecule has 0 radical (unpaired) electrons. The van der Waals surface area contributed by atoms with Gasteiger partial charge in [-0.1, -0.05) is 33.3 Å². The molecule has 94 valence electrons. The van der Waals surface area contributed by atoms with Gasteiger partial charge < -0.3 is 0 Å². The number of nitrogens with zero attached hydrogens (tertiary/aromatic N) is 1. The van der Waals surface area contributed by atoms with Gasteiger partial charge in [-0.3, -0.25) is 0 Å². The van der Waals surface area contributed by atoms with Crippen molar-refractivity contribution < 1.29 is 4.39 Å². The first kappa shape index (κ1) is 14.3. The van der Waals surface area contributed by atoms with Crippen LogP contribution < -0.4 is 0 Å². The molecule has 0 aromatic heterocycles. The maximum absolute atomic E-state index is 13.7. The molecule has 0 spiro atoms. The van der Waals surface area contributed by atoms with E-state index in [1.807, 2.05) is 6.07 Å². The van der Waals surface area contributed by atoms with Gasteiger partial charge in [0.25, 0.3) is 0 Å². The molecule has 1 atom stereocenters. The second-order valence-corrected chi connectivity index (χ2v) is 4.97. The number of benzene rings is 1. The van der Waals surface area contributed by atoms with Crippen LogP contribution in [0.2, 0.25) is 0 Å². The van der Waals surface area contributed by atoms with Crippen LogP contribution in [0.4, 0.5) is 4.39 Å². The molecule has 2 heteroatoms. The summed E-state index contributed by atoms with van der Waals surface area (Å²) in [7, 11) is 0. The van der Waals surface area contributed by atoms with Gasteiger partial charge in [-0.2, -0.15) is 5.26 Å². The number of rotatable bonds is 4. The molecule has 0 bridgehead atoms. The number of hydrogen-bond acceptors (Lipinski definition) is 1. The van der Waals surface area contributed by atoms with E-state index in [4.69, 9.17) is 5.26 Å². The van der Waals surface area contributed by atoms with E-state index in [0.29, 0.717) is 11.8 Å². The lowest BCUT2D eigenvalue weighted by atomic mass is 9.92. The van der Waals surface area contributed by atoms with E-state index in [1.54, 1.807) is 12.1 Å². The van der Waals surface area contributed by atoms with Crippen molar-refractivity contribution in [2.45, 2.75) is 39.5 Å². The van der Waals surface area contributed by atoms with Crippen LogP contribution in [0.25, 0.3) is 0 Å². The molecule has 0 aliphatic heterocycles. The molecule has 0 heterocycles. The molecule has 0 fully saturated rings. The SMILES string of the molecule is CC(C)CCC(C)c1ccc(C#CC#N)c(F)c1.